The fraction of sp³-hybridized carbons (Fsp3) is 0.222. The van der Waals surface area contributed by atoms with Gasteiger partial charge < -0.3 is 10.8 Å². The molecule has 0 bridgehead atoms. The number of nitrogens with two attached hydrogens (primary N) is 1. The van der Waals surface area contributed by atoms with Gasteiger partial charge in [-0.3, -0.25) is 4.79 Å². The van der Waals surface area contributed by atoms with E-state index in [-0.39, 0.29) is 6.42 Å². The van der Waals surface area contributed by atoms with Crippen LogP contribution in [0.25, 0.3) is 0 Å². The van der Waals surface area contributed by atoms with Crippen LogP contribution in [-0.2, 0) is 11.2 Å². The van der Waals surface area contributed by atoms with Crippen molar-refractivity contribution < 1.29 is 9.90 Å². The number of rotatable bonds is 3. The van der Waals surface area contributed by atoms with Crippen molar-refractivity contribution in [1.29, 1.82) is 0 Å². The Balaban J connectivity index is 2.63. The van der Waals surface area contributed by atoms with Crippen molar-refractivity contribution in [3.63, 3.8) is 0 Å². The smallest absolute Gasteiger partial charge is 0.303 e. The minimum atomic E-state index is -0.793. The van der Waals surface area contributed by atoms with E-state index in [4.69, 9.17) is 10.8 Å². The van der Waals surface area contributed by atoms with Gasteiger partial charge in [-0.15, -0.1) is 0 Å². The molecular weight excluding hydrogens is 154 g/mol. The number of nitrogen functional groups attached to an aromatic ring is 1. The maximum Gasteiger partial charge on any atom is 0.303 e. The number of benzene rings is 1. The number of anilines is 1. The number of aliphatic carboxylic acids is 1. The second kappa shape index (κ2) is 3.76. The lowest BCUT2D eigenvalue weighted by Gasteiger charge is -2.01. The van der Waals surface area contributed by atoms with E-state index < -0.39 is 5.97 Å². The quantitative estimate of drug-likeness (QED) is 0.663. The number of para-hydroxylation sites is 1. The first kappa shape index (κ1) is 8.59. The Hall–Kier alpha value is -1.51. The van der Waals surface area contributed by atoms with Crippen molar-refractivity contribution in [2.75, 3.05) is 5.73 Å². The summed E-state index contributed by atoms with van der Waals surface area (Å²) in [6.45, 7) is 0. The summed E-state index contributed by atoms with van der Waals surface area (Å²) in [6, 6.07) is 7.31. The van der Waals surface area contributed by atoms with Gasteiger partial charge in [-0.1, -0.05) is 18.2 Å². The highest BCUT2D eigenvalue weighted by Crippen LogP contribution is 2.12. The summed E-state index contributed by atoms with van der Waals surface area (Å²) in [7, 11) is 0. The highest BCUT2D eigenvalue weighted by atomic mass is 16.4. The van der Waals surface area contributed by atoms with E-state index in [1.165, 1.54) is 0 Å². The molecule has 64 valence electrons. The van der Waals surface area contributed by atoms with Crippen LogP contribution in [0.15, 0.2) is 24.3 Å². The molecule has 3 nitrogen and oxygen atoms in total. The number of carbonyl (C=O) groups is 1. The Morgan fingerprint density at radius 1 is 1.42 bits per heavy atom. The van der Waals surface area contributed by atoms with Crippen LogP contribution < -0.4 is 5.73 Å². The molecule has 0 amide bonds. The lowest BCUT2D eigenvalue weighted by molar-refractivity contribution is -0.136. The van der Waals surface area contributed by atoms with Gasteiger partial charge in [0.25, 0.3) is 0 Å². The molecule has 0 saturated carbocycles. The normalized spacial score (nSPS) is 9.67. The van der Waals surface area contributed by atoms with E-state index in [1.54, 1.807) is 6.07 Å². The average Bonchev–Trinajstić information content (AvgIpc) is 2.03. The van der Waals surface area contributed by atoms with Crippen molar-refractivity contribution in [3.8, 4) is 0 Å². The third-order valence-electron chi connectivity index (χ3n) is 1.66. The molecule has 1 aromatic carbocycles. The van der Waals surface area contributed by atoms with Crippen LogP contribution in [0.3, 0.4) is 0 Å². The summed E-state index contributed by atoms with van der Waals surface area (Å²) >= 11 is 0. The third-order valence-corrected chi connectivity index (χ3v) is 1.66. The molecule has 1 aromatic rings. The lowest BCUT2D eigenvalue weighted by atomic mass is 10.1. The molecule has 3 heteroatoms. The van der Waals surface area contributed by atoms with E-state index >= 15 is 0 Å². The molecule has 0 fully saturated rings. The van der Waals surface area contributed by atoms with E-state index in [2.05, 4.69) is 0 Å². The predicted molar refractivity (Wildman–Crippen MR) is 46.8 cm³/mol. The molecular formula is C9H11NO2. The second-order valence-corrected chi connectivity index (χ2v) is 2.59. The second-order valence-electron chi connectivity index (χ2n) is 2.59. The Morgan fingerprint density at radius 3 is 2.67 bits per heavy atom. The number of hydrogen-bond acceptors (Lipinski definition) is 2. The molecule has 0 heterocycles. The zero-order chi connectivity index (χ0) is 8.97. The maximum atomic E-state index is 10.2. The molecule has 0 aliphatic heterocycles. The Labute approximate surface area is 70.8 Å². The maximum absolute atomic E-state index is 10.2. The molecule has 0 aliphatic rings. The first-order valence-electron chi connectivity index (χ1n) is 3.75. The van der Waals surface area contributed by atoms with Crippen molar-refractivity contribution in [2.45, 2.75) is 12.8 Å². The number of aryl methyl sites for hydroxylation is 1. The molecule has 0 saturated heterocycles. The van der Waals surface area contributed by atoms with Gasteiger partial charge in [0.15, 0.2) is 0 Å². The van der Waals surface area contributed by atoms with Crippen LogP contribution in [0.4, 0.5) is 5.69 Å². The summed E-state index contributed by atoms with van der Waals surface area (Å²) in [5.41, 5.74) is 7.18. The van der Waals surface area contributed by atoms with E-state index in [1.807, 2.05) is 18.2 Å². The zero-order valence-corrected chi connectivity index (χ0v) is 6.66. The standard InChI is InChI=1S/C9H11NO2/c10-8-4-2-1-3-7(8)5-6-9(11)12/h1-4H,5-6,10H2,(H,11,12). The minimum absolute atomic E-state index is 0.133. The van der Waals surface area contributed by atoms with E-state index in [0.29, 0.717) is 12.1 Å². The average molecular weight is 165 g/mol. The van der Waals surface area contributed by atoms with Crippen LogP contribution in [0.5, 0.6) is 0 Å². The Kier molecular flexibility index (Phi) is 2.69. The van der Waals surface area contributed by atoms with Gasteiger partial charge in [-0.2, -0.15) is 0 Å². The lowest BCUT2D eigenvalue weighted by Crippen LogP contribution is -2.00. The van der Waals surface area contributed by atoms with E-state index in [9.17, 15) is 4.79 Å². The van der Waals surface area contributed by atoms with Crippen molar-refractivity contribution in [2.24, 2.45) is 0 Å². The summed E-state index contributed by atoms with van der Waals surface area (Å²) in [4.78, 5) is 10.2. The highest BCUT2D eigenvalue weighted by molar-refractivity contribution is 5.67. The van der Waals surface area contributed by atoms with Gasteiger partial charge in [0, 0.05) is 12.1 Å². The summed E-state index contributed by atoms with van der Waals surface area (Å²) in [6.07, 6.45) is 0.635. The topological polar surface area (TPSA) is 63.3 Å². The van der Waals surface area contributed by atoms with Crippen LogP contribution in [0.2, 0.25) is 0 Å². The van der Waals surface area contributed by atoms with Gasteiger partial charge >= 0.3 is 5.97 Å². The van der Waals surface area contributed by atoms with Crippen LogP contribution in [0.1, 0.15) is 12.0 Å². The van der Waals surface area contributed by atoms with Crippen LogP contribution in [-0.4, -0.2) is 11.1 Å². The Morgan fingerprint density at radius 2 is 2.08 bits per heavy atom. The minimum Gasteiger partial charge on any atom is -0.481 e. The molecule has 1 rings (SSSR count). The number of carboxylic acids is 1. The monoisotopic (exact) mass is 165 g/mol. The fourth-order valence-electron chi connectivity index (χ4n) is 1.00. The Bertz CT molecular complexity index is 284. The highest BCUT2D eigenvalue weighted by Gasteiger charge is 2.00. The molecule has 3 N–H and O–H groups in total. The molecule has 0 atom stereocenters. The largest absolute Gasteiger partial charge is 0.481 e. The van der Waals surface area contributed by atoms with Crippen LogP contribution in [0, 0.1) is 0 Å². The van der Waals surface area contributed by atoms with Crippen molar-refractivity contribution >= 4 is 11.7 Å². The van der Waals surface area contributed by atoms with E-state index in [0.717, 1.165) is 5.56 Å². The molecule has 0 unspecified atom stereocenters. The predicted octanol–water partition coefficient (Wildman–Crippen LogP) is 1.29. The van der Waals surface area contributed by atoms with Crippen molar-refractivity contribution in [3.05, 3.63) is 29.8 Å². The summed E-state index contributed by atoms with van der Waals surface area (Å²) in [5.74, 6) is -0.793. The first-order valence-corrected chi connectivity index (χ1v) is 3.75. The molecule has 0 aromatic heterocycles. The van der Waals surface area contributed by atoms with Crippen LogP contribution >= 0.6 is 0 Å². The van der Waals surface area contributed by atoms with Gasteiger partial charge in [0.1, 0.15) is 0 Å². The molecule has 0 radical (unpaired) electrons. The number of carboxylic acid groups (broad SMARTS) is 1. The SMILES string of the molecule is Nc1ccccc1CCC(=O)O. The first-order chi connectivity index (χ1) is 5.70. The van der Waals surface area contributed by atoms with Gasteiger partial charge in [0.05, 0.1) is 0 Å². The molecule has 0 spiro atoms. The summed E-state index contributed by atoms with van der Waals surface area (Å²) < 4.78 is 0. The third kappa shape index (κ3) is 2.27. The zero-order valence-electron chi connectivity index (χ0n) is 6.66. The van der Waals surface area contributed by atoms with Gasteiger partial charge in [-0.25, -0.2) is 0 Å². The van der Waals surface area contributed by atoms with Crippen molar-refractivity contribution in [1.82, 2.24) is 0 Å². The molecule has 0 aliphatic carbocycles. The summed E-state index contributed by atoms with van der Waals surface area (Å²) in [5, 5.41) is 8.42. The number of hydrogen-bond donors (Lipinski definition) is 2. The van der Waals surface area contributed by atoms with Gasteiger partial charge in [-0.05, 0) is 18.1 Å². The van der Waals surface area contributed by atoms with Gasteiger partial charge in [0.2, 0.25) is 0 Å². The molecule has 12 heavy (non-hydrogen) atoms. The fourth-order valence-corrected chi connectivity index (χ4v) is 1.00.